The monoisotopic (exact) mass is 350 g/mol. The Hall–Kier alpha value is -2.17. The maximum atomic E-state index is 13.1. The molecule has 1 fully saturated rings. The van der Waals surface area contributed by atoms with E-state index < -0.39 is 6.10 Å². The highest BCUT2D eigenvalue weighted by Crippen LogP contribution is 2.41. The quantitative estimate of drug-likeness (QED) is 0.895. The van der Waals surface area contributed by atoms with Crippen molar-refractivity contribution in [3.63, 3.8) is 0 Å². The Morgan fingerprint density at radius 3 is 2.62 bits per heavy atom. The van der Waals surface area contributed by atoms with Crippen LogP contribution in [0.1, 0.15) is 30.5 Å². The average Bonchev–Trinajstić information content (AvgIpc) is 2.67. The van der Waals surface area contributed by atoms with Gasteiger partial charge in [-0.3, -0.25) is 4.79 Å². The minimum absolute atomic E-state index is 0.00455. The van der Waals surface area contributed by atoms with Crippen LogP contribution in [0.5, 0.6) is 0 Å². The van der Waals surface area contributed by atoms with Crippen molar-refractivity contribution >= 4 is 5.91 Å². The summed E-state index contributed by atoms with van der Waals surface area (Å²) >= 11 is 0. The minimum Gasteiger partial charge on any atom is -0.393 e. The number of aliphatic hydroxyl groups excluding tert-OH is 1. The lowest BCUT2D eigenvalue weighted by atomic mass is 9.77. The van der Waals surface area contributed by atoms with E-state index >= 15 is 0 Å². The Bertz CT molecular complexity index is 803. The summed E-state index contributed by atoms with van der Waals surface area (Å²) in [7, 11) is 1.88. The van der Waals surface area contributed by atoms with E-state index in [1.807, 2.05) is 18.0 Å². The second-order valence-electron chi connectivity index (χ2n) is 7.47. The molecule has 2 aromatic rings. The molecule has 4 nitrogen and oxygen atoms in total. The molecule has 136 valence electrons. The van der Waals surface area contributed by atoms with Gasteiger partial charge in [0.1, 0.15) is 0 Å². The summed E-state index contributed by atoms with van der Waals surface area (Å²) in [5.74, 6) is -0.290. The fourth-order valence-corrected chi connectivity index (χ4v) is 4.62. The van der Waals surface area contributed by atoms with E-state index in [4.69, 9.17) is 0 Å². The lowest BCUT2D eigenvalue weighted by Gasteiger charge is -2.47. The molecule has 1 saturated heterocycles. The summed E-state index contributed by atoms with van der Waals surface area (Å²) in [5.41, 5.74) is 4.98. The maximum absolute atomic E-state index is 13.1. The molecule has 2 aliphatic heterocycles. The highest BCUT2D eigenvalue weighted by atomic mass is 16.3. The molecule has 0 aliphatic carbocycles. The third-order valence-electron chi connectivity index (χ3n) is 5.98. The van der Waals surface area contributed by atoms with Gasteiger partial charge in [0.05, 0.1) is 18.1 Å². The molecule has 0 radical (unpaired) electrons. The number of amides is 1. The van der Waals surface area contributed by atoms with Gasteiger partial charge in [0.2, 0.25) is 5.91 Å². The molecule has 0 unspecified atom stereocenters. The fraction of sp³-hybridized carbons (Fsp3) is 0.409. The zero-order valence-corrected chi connectivity index (χ0v) is 15.4. The van der Waals surface area contributed by atoms with Crippen molar-refractivity contribution in [2.45, 2.75) is 38.0 Å². The van der Waals surface area contributed by atoms with Crippen molar-refractivity contribution in [1.82, 2.24) is 10.2 Å². The van der Waals surface area contributed by atoms with Crippen molar-refractivity contribution < 1.29 is 9.90 Å². The third-order valence-corrected chi connectivity index (χ3v) is 5.98. The highest BCUT2D eigenvalue weighted by Gasteiger charge is 2.45. The SMILES string of the molecule is CN[C@H]1C[C@H]2c3cc(-c4ccccc4)ccc3CCN2C(=O)[C@H]1[C@H](C)O. The number of nitrogens with one attached hydrogen (secondary N) is 1. The van der Waals surface area contributed by atoms with E-state index in [1.54, 1.807) is 6.92 Å². The smallest absolute Gasteiger partial charge is 0.230 e. The number of aliphatic hydroxyl groups is 1. The second kappa shape index (κ2) is 6.86. The number of fused-ring (bicyclic) bond motifs is 3. The molecule has 0 aromatic heterocycles. The Morgan fingerprint density at radius 1 is 1.15 bits per heavy atom. The summed E-state index contributed by atoms with van der Waals surface area (Å²) in [4.78, 5) is 15.0. The Balaban J connectivity index is 1.73. The van der Waals surface area contributed by atoms with Gasteiger partial charge < -0.3 is 15.3 Å². The molecule has 0 spiro atoms. The first-order valence-electron chi connectivity index (χ1n) is 9.44. The van der Waals surface area contributed by atoms with E-state index in [0.29, 0.717) is 0 Å². The van der Waals surface area contributed by atoms with Crippen molar-refractivity contribution in [3.05, 3.63) is 59.7 Å². The fourth-order valence-electron chi connectivity index (χ4n) is 4.62. The van der Waals surface area contributed by atoms with Crippen LogP contribution in [-0.2, 0) is 11.2 Å². The standard InChI is InChI=1S/C22H26N2O2/c1-14(25)21-19(23-2)13-20-18-12-17(15-6-4-3-5-7-15)9-8-16(18)10-11-24(20)22(21)26/h3-9,12,14,19-21,23,25H,10-11,13H2,1-2H3/t14-,19-,20-,21-/m0/s1. The first kappa shape index (κ1) is 17.3. The van der Waals surface area contributed by atoms with E-state index in [-0.39, 0.29) is 23.9 Å². The van der Waals surface area contributed by atoms with Crippen LogP contribution in [0.15, 0.2) is 48.5 Å². The van der Waals surface area contributed by atoms with E-state index in [2.05, 4.69) is 47.8 Å². The first-order chi connectivity index (χ1) is 12.6. The van der Waals surface area contributed by atoms with Crippen molar-refractivity contribution in [2.24, 2.45) is 5.92 Å². The zero-order chi connectivity index (χ0) is 18.3. The molecule has 4 atom stereocenters. The van der Waals surface area contributed by atoms with Crippen LogP contribution in [0, 0.1) is 5.92 Å². The molecule has 2 N–H and O–H groups in total. The molecule has 2 heterocycles. The second-order valence-corrected chi connectivity index (χ2v) is 7.47. The molecule has 2 aliphatic rings. The number of rotatable bonds is 3. The maximum Gasteiger partial charge on any atom is 0.230 e. The van der Waals surface area contributed by atoms with Crippen LogP contribution in [0.4, 0.5) is 0 Å². The Morgan fingerprint density at radius 2 is 1.92 bits per heavy atom. The molecule has 1 amide bonds. The number of hydrogen-bond acceptors (Lipinski definition) is 3. The topological polar surface area (TPSA) is 52.6 Å². The van der Waals surface area contributed by atoms with Crippen LogP contribution in [0.3, 0.4) is 0 Å². The first-order valence-corrected chi connectivity index (χ1v) is 9.44. The summed E-state index contributed by atoms with van der Waals surface area (Å²) < 4.78 is 0. The van der Waals surface area contributed by atoms with Gasteiger partial charge in [-0.05, 0) is 55.1 Å². The predicted octanol–water partition coefficient (Wildman–Crippen LogP) is 2.77. The third kappa shape index (κ3) is 2.83. The molecular formula is C22H26N2O2. The van der Waals surface area contributed by atoms with Gasteiger partial charge in [0.15, 0.2) is 0 Å². The van der Waals surface area contributed by atoms with Crippen LogP contribution in [-0.4, -0.2) is 41.7 Å². The molecule has 4 heteroatoms. The van der Waals surface area contributed by atoms with Crippen molar-refractivity contribution in [3.8, 4) is 11.1 Å². The zero-order valence-electron chi connectivity index (χ0n) is 15.4. The summed E-state index contributed by atoms with van der Waals surface area (Å²) in [6, 6.07) is 17.1. The Kier molecular flexibility index (Phi) is 4.55. The lowest BCUT2D eigenvalue weighted by Crippen LogP contribution is -2.58. The minimum atomic E-state index is -0.641. The van der Waals surface area contributed by atoms with E-state index in [1.165, 1.54) is 22.3 Å². The number of carbonyl (C=O) groups excluding carboxylic acids is 1. The number of piperidine rings is 1. The predicted molar refractivity (Wildman–Crippen MR) is 103 cm³/mol. The van der Waals surface area contributed by atoms with Gasteiger partial charge >= 0.3 is 0 Å². The van der Waals surface area contributed by atoms with Crippen molar-refractivity contribution in [1.29, 1.82) is 0 Å². The molecular weight excluding hydrogens is 324 g/mol. The van der Waals surface area contributed by atoms with Crippen LogP contribution >= 0.6 is 0 Å². The molecule has 0 saturated carbocycles. The molecule has 26 heavy (non-hydrogen) atoms. The number of hydrogen-bond donors (Lipinski definition) is 2. The largest absolute Gasteiger partial charge is 0.393 e. The number of benzene rings is 2. The molecule has 2 aromatic carbocycles. The van der Waals surface area contributed by atoms with E-state index in [9.17, 15) is 9.90 Å². The summed E-state index contributed by atoms with van der Waals surface area (Å²) in [5, 5.41) is 13.4. The van der Waals surface area contributed by atoms with Gasteiger partial charge in [-0.15, -0.1) is 0 Å². The molecule has 0 bridgehead atoms. The van der Waals surface area contributed by atoms with Gasteiger partial charge in [0, 0.05) is 12.6 Å². The number of carbonyl (C=O) groups is 1. The van der Waals surface area contributed by atoms with Gasteiger partial charge in [-0.2, -0.15) is 0 Å². The van der Waals surface area contributed by atoms with Gasteiger partial charge in [-0.1, -0.05) is 42.5 Å². The lowest BCUT2D eigenvalue weighted by molar-refractivity contribution is -0.148. The average molecular weight is 350 g/mol. The van der Waals surface area contributed by atoms with Crippen LogP contribution < -0.4 is 5.32 Å². The highest BCUT2D eigenvalue weighted by molar-refractivity contribution is 5.82. The number of nitrogens with zero attached hydrogens (tertiary/aromatic N) is 1. The van der Waals surface area contributed by atoms with Crippen LogP contribution in [0.2, 0.25) is 0 Å². The summed E-state index contributed by atoms with van der Waals surface area (Å²) in [6.45, 7) is 2.46. The van der Waals surface area contributed by atoms with Crippen molar-refractivity contribution in [2.75, 3.05) is 13.6 Å². The molecule has 4 rings (SSSR count). The van der Waals surface area contributed by atoms with Crippen LogP contribution in [0.25, 0.3) is 11.1 Å². The normalized spacial score (nSPS) is 26.2. The van der Waals surface area contributed by atoms with Gasteiger partial charge in [-0.25, -0.2) is 0 Å². The summed E-state index contributed by atoms with van der Waals surface area (Å²) in [6.07, 6.45) is 1.07. The Labute approximate surface area is 154 Å². The van der Waals surface area contributed by atoms with E-state index in [0.717, 1.165) is 19.4 Å². The van der Waals surface area contributed by atoms with Gasteiger partial charge in [0.25, 0.3) is 0 Å².